The lowest BCUT2D eigenvalue weighted by Crippen LogP contribution is -2.57. The third-order valence-corrected chi connectivity index (χ3v) is 7.45. The van der Waals surface area contributed by atoms with Crippen LogP contribution >= 0.6 is 34.2 Å². The maximum absolute atomic E-state index is 13.7. The number of halogens is 2. The number of benzene rings is 4. The lowest BCUT2D eigenvalue weighted by molar-refractivity contribution is -0.121. The lowest BCUT2D eigenvalue weighted by Gasteiger charge is -2.34. The molecule has 5 rings (SSSR count). The van der Waals surface area contributed by atoms with Gasteiger partial charge in [-0.25, -0.2) is 14.6 Å². The summed E-state index contributed by atoms with van der Waals surface area (Å²) < 4.78 is 12.2. The Kier molecular flexibility index (Phi) is 9.61. The van der Waals surface area contributed by atoms with Crippen molar-refractivity contribution in [1.82, 2.24) is 0 Å². The van der Waals surface area contributed by atoms with E-state index in [0.717, 1.165) is 9.80 Å². The van der Waals surface area contributed by atoms with Crippen molar-refractivity contribution in [2.24, 2.45) is 0 Å². The van der Waals surface area contributed by atoms with Crippen molar-refractivity contribution in [3.8, 4) is 11.5 Å². The van der Waals surface area contributed by atoms with Crippen molar-refractivity contribution in [2.75, 3.05) is 28.3 Å². The van der Waals surface area contributed by atoms with E-state index in [9.17, 15) is 19.2 Å². The Morgan fingerprint density at radius 1 is 0.841 bits per heavy atom. The molecule has 9 nitrogen and oxygen atoms in total. The van der Waals surface area contributed by atoms with Gasteiger partial charge in [0.15, 0.2) is 18.1 Å². The fourth-order valence-corrected chi connectivity index (χ4v) is 5.36. The van der Waals surface area contributed by atoms with Gasteiger partial charge in [0.05, 0.1) is 21.6 Å². The highest BCUT2D eigenvalue weighted by atomic mass is 127. The number of carbonyl (C=O) groups excluding carboxylic acids is 4. The molecule has 1 aliphatic rings. The molecule has 1 N–H and O–H groups in total. The minimum Gasteiger partial charge on any atom is -0.490 e. The molecule has 1 aliphatic heterocycles. The topological polar surface area (TPSA) is 105 Å². The highest BCUT2D eigenvalue weighted by Gasteiger charge is 2.43. The summed E-state index contributed by atoms with van der Waals surface area (Å²) in [7, 11) is 0. The Morgan fingerprint density at radius 2 is 1.41 bits per heavy atom. The third-order valence-electron chi connectivity index (χ3n) is 6.40. The third kappa shape index (κ3) is 6.76. The minimum atomic E-state index is -0.778. The van der Waals surface area contributed by atoms with Gasteiger partial charge in [-0.15, -0.1) is 0 Å². The van der Waals surface area contributed by atoms with E-state index in [1.165, 1.54) is 6.08 Å². The normalized spacial score (nSPS) is 13.2. The van der Waals surface area contributed by atoms with Crippen LogP contribution in [0.3, 0.4) is 0 Å². The summed E-state index contributed by atoms with van der Waals surface area (Å²) in [5.41, 5.74) is 1.47. The maximum Gasteiger partial charge on any atom is 0.343 e. The summed E-state index contributed by atoms with van der Waals surface area (Å²) in [5, 5.41) is 3.29. The number of imide groups is 2. The fraction of sp³-hybridized carbons (Fsp3) is 0.0909. The molecule has 0 bridgehead atoms. The zero-order valence-electron chi connectivity index (χ0n) is 23.3. The highest BCUT2D eigenvalue weighted by Crippen LogP contribution is 2.36. The predicted molar refractivity (Wildman–Crippen MR) is 177 cm³/mol. The van der Waals surface area contributed by atoms with Crippen LogP contribution in [-0.2, 0) is 14.4 Å². The molecule has 0 spiro atoms. The molecule has 222 valence electrons. The van der Waals surface area contributed by atoms with Gasteiger partial charge in [0, 0.05) is 10.7 Å². The molecule has 4 aromatic carbocycles. The quantitative estimate of drug-likeness (QED) is 0.114. The second kappa shape index (κ2) is 13.7. The summed E-state index contributed by atoms with van der Waals surface area (Å²) in [6.45, 7) is 1.79. The number of carbonyl (C=O) groups is 4. The van der Waals surface area contributed by atoms with Crippen LogP contribution in [-0.4, -0.2) is 37.0 Å². The lowest BCUT2D eigenvalue weighted by atomic mass is 10.0. The van der Waals surface area contributed by atoms with Gasteiger partial charge in [0.25, 0.3) is 17.7 Å². The van der Waals surface area contributed by atoms with Gasteiger partial charge in [-0.3, -0.25) is 14.4 Å². The van der Waals surface area contributed by atoms with Crippen molar-refractivity contribution >= 4 is 81.1 Å². The summed E-state index contributed by atoms with van der Waals surface area (Å²) in [4.78, 5) is 55.5. The smallest absolute Gasteiger partial charge is 0.343 e. The summed E-state index contributed by atoms with van der Waals surface area (Å²) in [6.07, 6.45) is 1.42. The van der Waals surface area contributed by atoms with Gasteiger partial charge in [0.1, 0.15) is 5.57 Å². The van der Waals surface area contributed by atoms with Crippen molar-refractivity contribution < 1.29 is 28.7 Å². The molecular formula is C33H25ClIN3O6. The molecular weight excluding hydrogens is 697 g/mol. The van der Waals surface area contributed by atoms with Crippen LogP contribution in [0.1, 0.15) is 12.5 Å². The summed E-state index contributed by atoms with van der Waals surface area (Å²) >= 11 is 7.94. The molecule has 44 heavy (non-hydrogen) atoms. The number of amides is 5. The predicted octanol–water partition coefficient (Wildman–Crippen LogP) is 6.94. The van der Waals surface area contributed by atoms with Crippen LogP contribution in [0.25, 0.3) is 6.08 Å². The van der Waals surface area contributed by atoms with Gasteiger partial charge < -0.3 is 14.8 Å². The second-order valence-electron chi connectivity index (χ2n) is 9.40. The Hall–Kier alpha value is -4.68. The maximum atomic E-state index is 13.7. The number of urea groups is 1. The molecule has 5 amide bonds. The Bertz CT molecular complexity index is 1680. The number of barbiturate groups is 1. The number of para-hydroxylation sites is 2. The average molecular weight is 722 g/mol. The van der Waals surface area contributed by atoms with E-state index in [1.807, 2.05) is 22.6 Å². The first kappa shape index (κ1) is 30.8. The largest absolute Gasteiger partial charge is 0.490 e. The van der Waals surface area contributed by atoms with E-state index < -0.39 is 17.8 Å². The number of rotatable bonds is 9. The van der Waals surface area contributed by atoms with Crippen LogP contribution in [0.4, 0.5) is 21.9 Å². The van der Waals surface area contributed by atoms with E-state index in [1.54, 1.807) is 104 Å². The molecule has 1 saturated heterocycles. The standard InChI is InChI=1S/C33H25ClIN3O6/c1-2-43-28-19-21(18-27(35)30(28)44-20-29(39)36-23-15-13-22(34)14-16-23)17-26-31(40)37(24-9-5-3-6-10-24)33(42)38(32(26)41)25-11-7-4-8-12-25/h3-19H,2,20H2,1H3,(H,36,39). The van der Waals surface area contributed by atoms with E-state index >= 15 is 0 Å². The highest BCUT2D eigenvalue weighted by molar-refractivity contribution is 14.1. The number of nitrogens with one attached hydrogen (secondary N) is 1. The zero-order valence-corrected chi connectivity index (χ0v) is 26.2. The number of anilines is 3. The zero-order chi connectivity index (χ0) is 31.2. The Balaban J connectivity index is 1.47. The van der Waals surface area contributed by atoms with E-state index in [4.69, 9.17) is 21.1 Å². The average Bonchev–Trinajstić information content (AvgIpc) is 3.01. The monoisotopic (exact) mass is 721 g/mol. The van der Waals surface area contributed by atoms with Crippen LogP contribution in [0.2, 0.25) is 5.02 Å². The van der Waals surface area contributed by atoms with E-state index in [0.29, 0.717) is 49.3 Å². The van der Waals surface area contributed by atoms with Gasteiger partial charge in [-0.1, -0.05) is 48.0 Å². The Labute approximate surface area is 272 Å². The number of ether oxygens (including phenoxy) is 2. The van der Waals surface area contributed by atoms with Crippen LogP contribution < -0.4 is 24.6 Å². The van der Waals surface area contributed by atoms with Crippen LogP contribution in [0, 0.1) is 3.57 Å². The molecule has 1 heterocycles. The summed E-state index contributed by atoms with van der Waals surface area (Å²) in [6, 6.07) is 26.0. The molecule has 1 fully saturated rings. The molecule has 0 aromatic heterocycles. The second-order valence-corrected chi connectivity index (χ2v) is 11.0. The van der Waals surface area contributed by atoms with Crippen LogP contribution in [0.15, 0.2) is 103 Å². The fourth-order valence-electron chi connectivity index (χ4n) is 4.45. The van der Waals surface area contributed by atoms with Gasteiger partial charge >= 0.3 is 6.03 Å². The first-order valence-electron chi connectivity index (χ1n) is 13.5. The molecule has 0 saturated carbocycles. The number of hydrogen-bond donors (Lipinski definition) is 1. The SMILES string of the molecule is CCOc1cc(C=C2C(=O)N(c3ccccc3)C(=O)N(c3ccccc3)C2=O)cc(I)c1OCC(=O)Nc1ccc(Cl)cc1. The molecule has 11 heteroatoms. The van der Waals surface area contributed by atoms with Gasteiger partial charge in [0.2, 0.25) is 0 Å². The van der Waals surface area contributed by atoms with Crippen LogP contribution in [0.5, 0.6) is 11.5 Å². The minimum absolute atomic E-state index is 0.216. The van der Waals surface area contributed by atoms with Gasteiger partial charge in [-0.05, 0) is 102 Å². The van der Waals surface area contributed by atoms with Gasteiger partial charge in [-0.2, -0.15) is 0 Å². The van der Waals surface area contributed by atoms with E-state index in [-0.39, 0.29) is 18.1 Å². The number of nitrogens with zero attached hydrogens (tertiary/aromatic N) is 2. The van der Waals surface area contributed by atoms with Crippen molar-refractivity contribution in [3.05, 3.63) is 117 Å². The number of hydrogen-bond acceptors (Lipinski definition) is 6. The first-order chi connectivity index (χ1) is 21.3. The van der Waals surface area contributed by atoms with Crippen molar-refractivity contribution in [3.63, 3.8) is 0 Å². The molecule has 4 aromatic rings. The van der Waals surface area contributed by atoms with E-state index in [2.05, 4.69) is 5.32 Å². The molecule has 0 radical (unpaired) electrons. The van der Waals surface area contributed by atoms with Crippen molar-refractivity contribution in [2.45, 2.75) is 6.92 Å². The molecule has 0 aliphatic carbocycles. The first-order valence-corrected chi connectivity index (χ1v) is 14.9. The van der Waals surface area contributed by atoms with Crippen molar-refractivity contribution in [1.29, 1.82) is 0 Å². The Morgan fingerprint density at radius 3 is 1.95 bits per heavy atom. The summed E-state index contributed by atoms with van der Waals surface area (Å²) in [5.74, 6) is -1.26. The molecule has 0 atom stereocenters. The molecule has 0 unspecified atom stereocenters.